The first-order chi connectivity index (χ1) is 16.5. The van der Waals surface area contributed by atoms with Gasteiger partial charge in [-0.25, -0.2) is 9.07 Å². The van der Waals surface area contributed by atoms with E-state index in [-0.39, 0.29) is 5.91 Å². The van der Waals surface area contributed by atoms with Crippen molar-refractivity contribution in [3.8, 4) is 22.7 Å². The molecule has 176 valence electrons. The molecule has 1 amide bonds. The SMILES string of the molecule is CN1CCC(Oc2cc(-c3ccnn3-c3ccccc3)cc3c2NC(=O)C32CCCC2)C(F)C1. The molecular formula is C27H29FN4O2. The number of hydrogen-bond donors (Lipinski definition) is 1. The highest BCUT2D eigenvalue weighted by Gasteiger charge is 2.50. The summed E-state index contributed by atoms with van der Waals surface area (Å²) in [5.74, 6) is 0.599. The minimum atomic E-state index is -1.08. The van der Waals surface area contributed by atoms with Gasteiger partial charge in [-0.2, -0.15) is 5.10 Å². The normalized spacial score (nSPS) is 23.8. The van der Waals surface area contributed by atoms with Gasteiger partial charge in [0.2, 0.25) is 5.91 Å². The average Bonchev–Trinajstić information content (AvgIpc) is 3.58. The van der Waals surface area contributed by atoms with Gasteiger partial charge in [-0.15, -0.1) is 0 Å². The van der Waals surface area contributed by atoms with Crippen molar-refractivity contribution < 1.29 is 13.9 Å². The second kappa shape index (κ2) is 8.24. The molecule has 2 fully saturated rings. The third-order valence-electron chi connectivity index (χ3n) is 7.65. The molecule has 3 aliphatic rings. The molecule has 7 heteroatoms. The summed E-state index contributed by atoms with van der Waals surface area (Å²) >= 11 is 0. The number of nitrogens with one attached hydrogen (secondary N) is 1. The first-order valence-electron chi connectivity index (χ1n) is 12.1. The van der Waals surface area contributed by atoms with Crippen molar-refractivity contribution in [2.45, 2.75) is 49.8 Å². The van der Waals surface area contributed by atoms with Crippen molar-refractivity contribution in [2.75, 3.05) is 25.5 Å². The van der Waals surface area contributed by atoms with Crippen molar-refractivity contribution >= 4 is 11.6 Å². The molecule has 1 aliphatic carbocycles. The Morgan fingerprint density at radius 3 is 2.71 bits per heavy atom. The molecule has 1 aromatic heterocycles. The number of fused-ring (bicyclic) bond motifs is 2. The standard InChI is InChI=1S/C27H29FN4O2/c1-31-14-10-23(21(28)17-31)34-24-16-18(22-9-13-29-32(22)19-7-3-2-4-8-19)15-20-25(24)30-26(33)27(20)11-5-6-12-27/h2-4,7-9,13,15-16,21,23H,5-6,10-12,14,17H2,1H3,(H,30,33). The van der Waals surface area contributed by atoms with Crippen LogP contribution in [0.2, 0.25) is 0 Å². The highest BCUT2D eigenvalue weighted by molar-refractivity contribution is 6.08. The van der Waals surface area contributed by atoms with Gasteiger partial charge in [0.25, 0.3) is 0 Å². The van der Waals surface area contributed by atoms with Gasteiger partial charge in [0, 0.05) is 18.7 Å². The first-order valence-corrected chi connectivity index (χ1v) is 12.1. The number of nitrogens with zero attached hydrogens (tertiary/aromatic N) is 3. The lowest BCUT2D eigenvalue weighted by atomic mass is 9.79. The monoisotopic (exact) mass is 460 g/mol. The Morgan fingerprint density at radius 1 is 1.15 bits per heavy atom. The molecule has 0 radical (unpaired) electrons. The summed E-state index contributed by atoms with van der Waals surface area (Å²) in [4.78, 5) is 15.2. The summed E-state index contributed by atoms with van der Waals surface area (Å²) in [6.45, 7) is 1.13. The zero-order valence-electron chi connectivity index (χ0n) is 19.3. The number of anilines is 1. The van der Waals surface area contributed by atoms with Crippen LogP contribution < -0.4 is 10.1 Å². The van der Waals surface area contributed by atoms with Crippen molar-refractivity contribution in [1.29, 1.82) is 0 Å². The van der Waals surface area contributed by atoms with Crippen molar-refractivity contribution in [3.63, 3.8) is 0 Å². The molecular weight excluding hydrogens is 431 g/mol. The Hall–Kier alpha value is -3.19. The zero-order valence-corrected chi connectivity index (χ0v) is 19.3. The van der Waals surface area contributed by atoms with Gasteiger partial charge in [0.15, 0.2) is 0 Å². The Bertz CT molecular complexity index is 1220. The first kappa shape index (κ1) is 21.4. The molecule has 6 rings (SSSR count). The topological polar surface area (TPSA) is 59.4 Å². The summed E-state index contributed by atoms with van der Waals surface area (Å²) in [6.07, 6.45) is 4.47. The molecule has 34 heavy (non-hydrogen) atoms. The second-order valence-corrected chi connectivity index (χ2v) is 9.83. The molecule has 3 heterocycles. The third kappa shape index (κ3) is 3.41. The van der Waals surface area contributed by atoms with Crippen LogP contribution in [0.5, 0.6) is 5.75 Å². The summed E-state index contributed by atoms with van der Waals surface area (Å²) < 4.78 is 23.1. The predicted octanol–water partition coefficient (Wildman–Crippen LogP) is 4.72. The van der Waals surface area contributed by atoms with Crippen LogP contribution in [0.4, 0.5) is 10.1 Å². The number of ether oxygens (including phenoxy) is 1. The smallest absolute Gasteiger partial charge is 0.235 e. The summed E-state index contributed by atoms with van der Waals surface area (Å²) in [7, 11) is 1.93. The fraction of sp³-hybridized carbons (Fsp3) is 0.407. The van der Waals surface area contributed by atoms with Gasteiger partial charge < -0.3 is 15.0 Å². The van der Waals surface area contributed by atoms with Gasteiger partial charge >= 0.3 is 0 Å². The summed E-state index contributed by atoms with van der Waals surface area (Å²) in [5.41, 5.74) is 3.95. The van der Waals surface area contributed by atoms with Crippen LogP contribution in [0.1, 0.15) is 37.7 Å². The number of halogens is 1. The van der Waals surface area contributed by atoms with E-state index in [9.17, 15) is 9.18 Å². The van der Waals surface area contributed by atoms with E-state index >= 15 is 0 Å². The Kier molecular flexibility index (Phi) is 5.17. The number of piperidine rings is 1. The van der Waals surface area contributed by atoms with E-state index in [1.165, 1.54) is 0 Å². The van der Waals surface area contributed by atoms with E-state index in [1.54, 1.807) is 6.20 Å². The summed E-state index contributed by atoms with van der Waals surface area (Å²) in [6, 6.07) is 16.0. The van der Waals surface area contributed by atoms with E-state index in [1.807, 2.05) is 59.1 Å². The lowest BCUT2D eigenvalue weighted by Gasteiger charge is -2.33. The van der Waals surface area contributed by atoms with Crippen LogP contribution in [-0.4, -0.2) is 53.0 Å². The number of likely N-dealkylation sites (tertiary alicyclic amines) is 1. The van der Waals surface area contributed by atoms with E-state index in [0.29, 0.717) is 24.4 Å². The average molecular weight is 461 g/mol. The number of amides is 1. The Morgan fingerprint density at radius 2 is 1.94 bits per heavy atom. The number of hydrogen-bond acceptors (Lipinski definition) is 4. The van der Waals surface area contributed by atoms with Crippen molar-refractivity contribution in [1.82, 2.24) is 14.7 Å². The van der Waals surface area contributed by atoms with Crippen molar-refractivity contribution in [3.05, 3.63) is 60.3 Å². The molecule has 1 N–H and O–H groups in total. The molecule has 6 nitrogen and oxygen atoms in total. The van der Waals surface area contributed by atoms with Crippen LogP contribution in [0.3, 0.4) is 0 Å². The van der Waals surface area contributed by atoms with Gasteiger partial charge in [0.1, 0.15) is 18.0 Å². The molecule has 2 aliphatic heterocycles. The number of benzene rings is 2. The van der Waals surface area contributed by atoms with Crippen LogP contribution >= 0.6 is 0 Å². The van der Waals surface area contributed by atoms with Crippen LogP contribution in [-0.2, 0) is 10.2 Å². The van der Waals surface area contributed by atoms with Crippen LogP contribution in [0.15, 0.2) is 54.7 Å². The number of carbonyl (C=O) groups excluding carboxylic acids is 1. The number of carbonyl (C=O) groups is 1. The van der Waals surface area contributed by atoms with E-state index in [0.717, 1.165) is 54.7 Å². The highest BCUT2D eigenvalue weighted by atomic mass is 19.1. The number of aromatic nitrogens is 2. The van der Waals surface area contributed by atoms with Gasteiger partial charge in [0.05, 0.1) is 28.7 Å². The second-order valence-electron chi connectivity index (χ2n) is 9.83. The largest absolute Gasteiger partial charge is 0.485 e. The highest BCUT2D eigenvalue weighted by Crippen LogP contribution is 2.53. The number of alkyl halides is 1. The van der Waals surface area contributed by atoms with Gasteiger partial charge in [-0.1, -0.05) is 31.0 Å². The molecule has 0 bridgehead atoms. The maximum atomic E-state index is 14.9. The zero-order chi connectivity index (χ0) is 23.3. The third-order valence-corrected chi connectivity index (χ3v) is 7.65. The maximum absolute atomic E-state index is 14.9. The molecule has 1 saturated heterocycles. The molecule has 2 aromatic carbocycles. The summed E-state index contributed by atoms with van der Waals surface area (Å²) in [5, 5.41) is 7.67. The fourth-order valence-electron chi connectivity index (χ4n) is 5.82. The quantitative estimate of drug-likeness (QED) is 0.612. The molecule has 2 unspecified atom stereocenters. The molecule has 1 spiro atoms. The van der Waals surface area contributed by atoms with Crippen LogP contribution in [0, 0.1) is 0 Å². The van der Waals surface area contributed by atoms with E-state index in [4.69, 9.17) is 4.74 Å². The minimum Gasteiger partial charge on any atom is -0.485 e. The lowest BCUT2D eigenvalue weighted by molar-refractivity contribution is -0.120. The Labute approximate surface area is 198 Å². The van der Waals surface area contributed by atoms with E-state index in [2.05, 4.69) is 16.5 Å². The maximum Gasteiger partial charge on any atom is 0.235 e. The molecule has 1 saturated carbocycles. The number of rotatable bonds is 4. The Balaban J connectivity index is 1.47. The van der Waals surface area contributed by atoms with Gasteiger partial charge in [-0.3, -0.25) is 4.79 Å². The van der Waals surface area contributed by atoms with Crippen LogP contribution in [0.25, 0.3) is 16.9 Å². The predicted molar refractivity (Wildman–Crippen MR) is 129 cm³/mol. The lowest BCUT2D eigenvalue weighted by Crippen LogP contribution is -2.45. The van der Waals surface area contributed by atoms with Gasteiger partial charge in [-0.05, 0) is 62.2 Å². The molecule has 2 atom stereocenters. The van der Waals surface area contributed by atoms with E-state index < -0.39 is 17.7 Å². The fourth-order valence-corrected chi connectivity index (χ4v) is 5.82. The van der Waals surface area contributed by atoms with Crippen molar-refractivity contribution in [2.24, 2.45) is 0 Å². The number of para-hydroxylation sites is 1. The molecule has 3 aromatic rings. The minimum absolute atomic E-state index is 0.0405.